The molecule has 2 aromatic rings. The molecular formula is C15H18F2N2O2. The van der Waals surface area contributed by atoms with Crippen LogP contribution in [-0.4, -0.2) is 11.7 Å². The molecule has 0 atom stereocenters. The van der Waals surface area contributed by atoms with Crippen molar-refractivity contribution in [2.24, 2.45) is 0 Å². The van der Waals surface area contributed by atoms with Crippen molar-refractivity contribution in [1.29, 1.82) is 0 Å². The standard InChI is InChI=1S/C15H18F2N2O2/c1-3-4-18-8-11-6-13(16)15(14(17)7-11)20-9-12-5-10(2)21-19-12/h5-7,18H,3-4,8-9H2,1-2H3. The van der Waals surface area contributed by atoms with Gasteiger partial charge in [0.15, 0.2) is 17.4 Å². The fourth-order valence-corrected chi connectivity index (χ4v) is 1.89. The summed E-state index contributed by atoms with van der Waals surface area (Å²) in [5.74, 6) is -1.21. The first-order valence-electron chi connectivity index (χ1n) is 6.83. The molecule has 0 unspecified atom stereocenters. The molecule has 6 heteroatoms. The van der Waals surface area contributed by atoms with Crippen LogP contribution in [0.4, 0.5) is 8.78 Å². The first-order chi connectivity index (χ1) is 10.1. The van der Waals surface area contributed by atoms with Crippen LogP contribution in [0, 0.1) is 18.6 Å². The fourth-order valence-electron chi connectivity index (χ4n) is 1.89. The van der Waals surface area contributed by atoms with E-state index in [4.69, 9.17) is 9.26 Å². The minimum absolute atomic E-state index is 0.0430. The molecule has 0 bridgehead atoms. The number of aryl methyl sites for hydroxylation is 1. The van der Waals surface area contributed by atoms with Crippen LogP contribution in [-0.2, 0) is 13.2 Å². The van der Waals surface area contributed by atoms with Gasteiger partial charge < -0.3 is 14.6 Å². The number of aromatic nitrogens is 1. The monoisotopic (exact) mass is 296 g/mol. The van der Waals surface area contributed by atoms with Crippen molar-refractivity contribution in [2.75, 3.05) is 6.54 Å². The fraction of sp³-hybridized carbons (Fsp3) is 0.400. The SMILES string of the molecule is CCCNCc1cc(F)c(OCc2cc(C)on2)c(F)c1. The molecule has 1 N–H and O–H groups in total. The van der Waals surface area contributed by atoms with E-state index in [9.17, 15) is 8.78 Å². The van der Waals surface area contributed by atoms with E-state index in [0.29, 0.717) is 23.6 Å². The number of ether oxygens (including phenoxy) is 1. The van der Waals surface area contributed by atoms with Gasteiger partial charge in [-0.1, -0.05) is 12.1 Å². The van der Waals surface area contributed by atoms with Crippen molar-refractivity contribution in [2.45, 2.75) is 33.4 Å². The number of nitrogens with zero attached hydrogens (tertiary/aromatic N) is 1. The first kappa shape index (κ1) is 15.4. The average Bonchev–Trinajstić information content (AvgIpc) is 2.84. The Morgan fingerprint density at radius 1 is 1.24 bits per heavy atom. The first-order valence-corrected chi connectivity index (χ1v) is 6.83. The predicted octanol–water partition coefficient (Wildman–Crippen LogP) is 3.34. The van der Waals surface area contributed by atoms with Crippen LogP contribution in [0.25, 0.3) is 0 Å². The Hall–Kier alpha value is -1.95. The quantitative estimate of drug-likeness (QED) is 0.796. The lowest BCUT2D eigenvalue weighted by Crippen LogP contribution is -2.14. The summed E-state index contributed by atoms with van der Waals surface area (Å²) in [6.07, 6.45) is 0.962. The molecule has 2 rings (SSSR count). The molecule has 21 heavy (non-hydrogen) atoms. The highest BCUT2D eigenvalue weighted by atomic mass is 19.1. The van der Waals surface area contributed by atoms with E-state index >= 15 is 0 Å². The van der Waals surface area contributed by atoms with E-state index in [1.165, 1.54) is 12.1 Å². The molecule has 1 heterocycles. The van der Waals surface area contributed by atoms with E-state index in [1.807, 2.05) is 6.92 Å². The Labute approximate surface area is 122 Å². The summed E-state index contributed by atoms with van der Waals surface area (Å²) in [6.45, 7) is 4.93. The number of benzene rings is 1. The van der Waals surface area contributed by atoms with Gasteiger partial charge in [0, 0.05) is 12.6 Å². The Morgan fingerprint density at radius 3 is 2.52 bits per heavy atom. The van der Waals surface area contributed by atoms with Crippen LogP contribution >= 0.6 is 0 Å². The van der Waals surface area contributed by atoms with Gasteiger partial charge in [-0.2, -0.15) is 0 Å². The van der Waals surface area contributed by atoms with Gasteiger partial charge in [0.05, 0.1) is 0 Å². The summed E-state index contributed by atoms with van der Waals surface area (Å²) in [4.78, 5) is 0. The number of hydrogen-bond acceptors (Lipinski definition) is 4. The highest BCUT2D eigenvalue weighted by Gasteiger charge is 2.13. The molecule has 0 aliphatic rings. The Kier molecular flexibility index (Phi) is 5.27. The lowest BCUT2D eigenvalue weighted by atomic mass is 10.2. The van der Waals surface area contributed by atoms with Crippen molar-refractivity contribution in [1.82, 2.24) is 10.5 Å². The third-order valence-corrected chi connectivity index (χ3v) is 2.86. The van der Waals surface area contributed by atoms with Gasteiger partial charge in [0.2, 0.25) is 0 Å². The lowest BCUT2D eigenvalue weighted by molar-refractivity contribution is 0.261. The predicted molar refractivity (Wildman–Crippen MR) is 73.9 cm³/mol. The zero-order valence-corrected chi connectivity index (χ0v) is 12.1. The Bertz CT molecular complexity index is 576. The average molecular weight is 296 g/mol. The Balaban J connectivity index is 2.02. The van der Waals surface area contributed by atoms with Crippen LogP contribution in [0.3, 0.4) is 0 Å². The molecule has 0 saturated heterocycles. The lowest BCUT2D eigenvalue weighted by Gasteiger charge is -2.09. The van der Waals surface area contributed by atoms with Crippen LogP contribution in [0.1, 0.15) is 30.4 Å². The van der Waals surface area contributed by atoms with Crippen molar-refractivity contribution >= 4 is 0 Å². The smallest absolute Gasteiger partial charge is 0.191 e. The normalized spacial score (nSPS) is 10.9. The van der Waals surface area contributed by atoms with Crippen molar-refractivity contribution in [3.63, 3.8) is 0 Å². The summed E-state index contributed by atoms with van der Waals surface area (Å²) in [6, 6.07) is 4.20. The third kappa shape index (κ3) is 4.26. The second-order valence-corrected chi connectivity index (χ2v) is 4.78. The molecule has 1 aromatic carbocycles. The van der Waals surface area contributed by atoms with Gasteiger partial charge >= 0.3 is 0 Å². The van der Waals surface area contributed by atoms with Crippen LogP contribution < -0.4 is 10.1 Å². The molecule has 1 aromatic heterocycles. The van der Waals surface area contributed by atoms with E-state index in [-0.39, 0.29) is 6.61 Å². The molecular weight excluding hydrogens is 278 g/mol. The van der Waals surface area contributed by atoms with Gasteiger partial charge in [-0.15, -0.1) is 0 Å². The van der Waals surface area contributed by atoms with Crippen molar-refractivity contribution in [3.8, 4) is 5.75 Å². The van der Waals surface area contributed by atoms with Crippen LogP contribution in [0.2, 0.25) is 0 Å². The van der Waals surface area contributed by atoms with Gasteiger partial charge in [0.25, 0.3) is 0 Å². The summed E-state index contributed by atoms with van der Waals surface area (Å²) < 4.78 is 37.8. The van der Waals surface area contributed by atoms with E-state index < -0.39 is 17.4 Å². The summed E-state index contributed by atoms with van der Waals surface area (Å²) >= 11 is 0. The second-order valence-electron chi connectivity index (χ2n) is 4.78. The minimum atomic E-state index is -0.719. The van der Waals surface area contributed by atoms with Gasteiger partial charge in [-0.3, -0.25) is 0 Å². The van der Waals surface area contributed by atoms with Crippen molar-refractivity contribution in [3.05, 3.63) is 46.9 Å². The molecule has 4 nitrogen and oxygen atoms in total. The van der Waals surface area contributed by atoms with Gasteiger partial charge in [0.1, 0.15) is 18.1 Å². The van der Waals surface area contributed by atoms with Crippen LogP contribution in [0.5, 0.6) is 5.75 Å². The maximum Gasteiger partial charge on any atom is 0.191 e. The largest absolute Gasteiger partial charge is 0.481 e. The number of halogens is 2. The topological polar surface area (TPSA) is 47.3 Å². The molecule has 0 spiro atoms. The summed E-state index contributed by atoms with van der Waals surface area (Å²) in [5.41, 5.74) is 1.03. The van der Waals surface area contributed by atoms with Gasteiger partial charge in [-0.25, -0.2) is 8.78 Å². The molecule has 0 aliphatic carbocycles. The van der Waals surface area contributed by atoms with E-state index in [1.54, 1.807) is 13.0 Å². The van der Waals surface area contributed by atoms with Gasteiger partial charge in [-0.05, 0) is 37.6 Å². The molecule has 0 aliphatic heterocycles. The minimum Gasteiger partial charge on any atom is -0.481 e. The third-order valence-electron chi connectivity index (χ3n) is 2.86. The molecule has 0 amide bonds. The number of hydrogen-bond donors (Lipinski definition) is 1. The molecule has 0 fully saturated rings. The number of nitrogens with one attached hydrogen (secondary N) is 1. The van der Waals surface area contributed by atoms with Crippen molar-refractivity contribution < 1.29 is 18.0 Å². The molecule has 0 saturated carbocycles. The highest BCUT2D eigenvalue weighted by Crippen LogP contribution is 2.24. The molecule has 114 valence electrons. The Morgan fingerprint density at radius 2 is 1.95 bits per heavy atom. The maximum absolute atomic E-state index is 13.9. The highest BCUT2D eigenvalue weighted by molar-refractivity contribution is 5.31. The van der Waals surface area contributed by atoms with E-state index in [2.05, 4.69) is 10.5 Å². The summed E-state index contributed by atoms with van der Waals surface area (Å²) in [7, 11) is 0. The zero-order valence-electron chi connectivity index (χ0n) is 12.1. The summed E-state index contributed by atoms with van der Waals surface area (Å²) in [5, 5.41) is 6.79. The maximum atomic E-state index is 13.9. The number of rotatable bonds is 7. The molecule has 0 radical (unpaired) electrons. The van der Waals surface area contributed by atoms with E-state index in [0.717, 1.165) is 13.0 Å². The zero-order chi connectivity index (χ0) is 15.2. The second kappa shape index (κ2) is 7.17. The van der Waals surface area contributed by atoms with Crippen LogP contribution in [0.15, 0.2) is 22.7 Å².